The maximum Gasteiger partial charge on any atom is 0.269 e. The lowest BCUT2D eigenvalue weighted by Gasteiger charge is -2.03. The molecule has 4 nitrogen and oxygen atoms in total. The standard InChI is InChI=1S/C10H5BrF2N2O2/c11-7-9(16)14-8(15-10(7)17)4-1-5(12)3-6(13)2-4/h1-3H,(H2,14,15,16,17). The minimum absolute atomic E-state index is 0.0300. The predicted molar refractivity (Wildman–Crippen MR) is 59.6 cm³/mol. The zero-order chi connectivity index (χ0) is 12.6. The largest absolute Gasteiger partial charge is 0.492 e. The van der Waals surface area contributed by atoms with E-state index in [1.807, 2.05) is 0 Å². The van der Waals surface area contributed by atoms with Crippen molar-refractivity contribution in [1.29, 1.82) is 0 Å². The van der Waals surface area contributed by atoms with Crippen LogP contribution >= 0.6 is 15.9 Å². The molecule has 1 aromatic heterocycles. The van der Waals surface area contributed by atoms with Gasteiger partial charge in [0.1, 0.15) is 21.9 Å². The van der Waals surface area contributed by atoms with E-state index in [0.29, 0.717) is 6.07 Å². The third-order valence-electron chi connectivity index (χ3n) is 1.98. The summed E-state index contributed by atoms with van der Waals surface area (Å²) >= 11 is 2.81. The molecule has 0 radical (unpaired) electrons. The molecule has 0 saturated carbocycles. The van der Waals surface area contributed by atoms with E-state index >= 15 is 0 Å². The first-order valence-electron chi connectivity index (χ1n) is 4.42. The fourth-order valence-electron chi connectivity index (χ4n) is 1.27. The van der Waals surface area contributed by atoms with E-state index in [1.54, 1.807) is 0 Å². The number of nitrogens with one attached hydrogen (secondary N) is 1. The molecule has 0 aliphatic heterocycles. The number of aromatic nitrogens is 2. The van der Waals surface area contributed by atoms with Crippen LogP contribution in [0.15, 0.2) is 27.5 Å². The van der Waals surface area contributed by atoms with E-state index < -0.39 is 23.1 Å². The van der Waals surface area contributed by atoms with Crippen molar-refractivity contribution in [1.82, 2.24) is 9.97 Å². The Morgan fingerprint density at radius 3 is 2.35 bits per heavy atom. The van der Waals surface area contributed by atoms with Crippen LogP contribution in [0.4, 0.5) is 8.78 Å². The molecule has 2 N–H and O–H groups in total. The number of H-pyrrole nitrogens is 1. The van der Waals surface area contributed by atoms with Crippen molar-refractivity contribution >= 4 is 15.9 Å². The Hall–Kier alpha value is -1.76. The number of aromatic hydroxyl groups is 1. The SMILES string of the molecule is O=c1[nH]c(-c2cc(F)cc(F)c2)nc(O)c1Br. The van der Waals surface area contributed by atoms with Gasteiger partial charge in [0.15, 0.2) is 0 Å². The van der Waals surface area contributed by atoms with E-state index in [0.717, 1.165) is 12.1 Å². The lowest BCUT2D eigenvalue weighted by Crippen LogP contribution is -2.09. The summed E-state index contributed by atoms with van der Waals surface area (Å²) in [6.07, 6.45) is 0. The molecule has 2 rings (SSSR count). The number of hydrogen-bond acceptors (Lipinski definition) is 3. The Labute approximate surface area is 102 Å². The molecule has 0 saturated heterocycles. The molecule has 2 aromatic rings. The van der Waals surface area contributed by atoms with Gasteiger partial charge in [-0.05, 0) is 28.1 Å². The topological polar surface area (TPSA) is 66.0 Å². The molecule has 0 bridgehead atoms. The van der Waals surface area contributed by atoms with Crippen molar-refractivity contribution in [2.24, 2.45) is 0 Å². The summed E-state index contributed by atoms with van der Waals surface area (Å²) in [7, 11) is 0. The van der Waals surface area contributed by atoms with Gasteiger partial charge < -0.3 is 10.1 Å². The van der Waals surface area contributed by atoms with Crippen LogP contribution in [0.25, 0.3) is 11.4 Å². The van der Waals surface area contributed by atoms with Crippen LogP contribution in [0.3, 0.4) is 0 Å². The molecular formula is C10H5BrF2N2O2. The van der Waals surface area contributed by atoms with Crippen LogP contribution < -0.4 is 5.56 Å². The molecule has 0 aliphatic rings. The Bertz CT molecular complexity index is 622. The van der Waals surface area contributed by atoms with Crippen molar-refractivity contribution in [3.63, 3.8) is 0 Å². The summed E-state index contributed by atoms with van der Waals surface area (Å²) < 4.78 is 25.8. The first kappa shape index (κ1) is 11.7. The molecule has 88 valence electrons. The van der Waals surface area contributed by atoms with E-state index in [1.165, 1.54) is 0 Å². The van der Waals surface area contributed by atoms with Gasteiger partial charge in [-0.1, -0.05) is 0 Å². The van der Waals surface area contributed by atoms with Crippen molar-refractivity contribution < 1.29 is 13.9 Å². The summed E-state index contributed by atoms with van der Waals surface area (Å²) in [6.45, 7) is 0. The molecule has 0 atom stereocenters. The lowest BCUT2D eigenvalue weighted by atomic mass is 10.2. The van der Waals surface area contributed by atoms with Crippen LogP contribution in [0.1, 0.15) is 0 Å². The molecule has 1 aromatic carbocycles. The average molecular weight is 303 g/mol. The van der Waals surface area contributed by atoms with Gasteiger partial charge in [-0.3, -0.25) is 4.79 Å². The maximum absolute atomic E-state index is 13.0. The van der Waals surface area contributed by atoms with E-state index in [9.17, 15) is 18.7 Å². The highest BCUT2D eigenvalue weighted by atomic mass is 79.9. The molecule has 7 heteroatoms. The van der Waals surface area contributed by atoms with E-state index in [4.69, 9.17) is 0 Å². The van der Waals surface area contributed by atoms with Crippen LogP contribution in [-0.4, -0.2) is 15.1 Å². The molecule has 17 heavy (non-hydrogen) atoms. The first-order valence-corrected chi connectivity index (χ1v) is 5.22. The van der Waals surface area contributed by atoms with Crippen molar-refractivity contribution in [3.05, 3.63) is 44.7 Å². The molecular weight excluding hydrogens is 298 g/mol. The summed E-state index contributed by atoms with van der Waals surface area (Å²) in [6, 6.07) is 2.68. The molecule has 0 fully saturated rings. The quantitative estimate of drug-likeness (QED) is 0.848. The number of benzene rings is 1. The van der Waals surface area contributed by atoms with Crippen LogP contribution in [0.2, 0.25) is 0 Å². The number of hydrogen-bond donors (Lipinski definition) is 2. The summed E-state index contributed by atoms with van der Waals surface area (Å²) in [5.41, 5.74) is -0.612. The zero-order valence-corrected chi connectivity index (χ0v) is 9.75. The molecule has 0 aliphatic carbocycles. The number of rotatable bonds is 1. The number of nitrogens with zero attached hydrogens (tertiary/aromatic N) is 1. The van der Waals surface area contributed by atoms with Crippen LogP contribution in [0, 0.1) is 11.6 Å². The number of halogens is 3. The maximum atomic E-state index is 13.0. The second kappa shape index (κ2) is 4.25. The van der Waals surface area contributed by atoms with Gasteiger partial charge in [-0.15, -0.1) is 0 Å². The third kappa shape index (κ3) is 2.33. The average Bonchev–Trinajstić information content (AvgIpc) is 2.23. The minimum Gasteiger partial charge on any atom is -0.492 e. The summed E-state index contributed by atoms with van der Waals surface area (Å²) in [5.74, 6) is -2.27. The Morgan fingerprint density at radius 1 is 1.24 bits per heavy atom. The second-order valence-corrected chi connectivity index (χ2v) is 4.00. The van der Waals surface area contributed by atoms with Crippen molar-refractivity contribution in [2.75, 3.05) is 0 Å². The normalized spacial score (nSPS) is 10.5. The Kier molecular flexibility index (Phi) is 2.93. The van der Waals surface area contributed by atoms with Gasteiger partial charge in [0.2, 0.25) is 5.88 Å². The highest BCUT2D eigenvalue weighted by Crippen LogP contribution is 2.22. The molecule has 0 unspecified atom stereocenters. The molecule has 0 spiro atoms. The fourth-order valence-corrected chi connectivity index (χ4v) is 1.46. The predicted octanol–water partition coefficient (Wildman–Crippen LogP) is 2.18. The first-order chi connectivity index (χ1) is 7.97. The van der Waals surface area contributed by atoms with E-state index in [-0.39, 0.29) is 15.9 Å². The van der Waals surface area contributed by atoms with Gasteiger partial charge >= 0.3 is 0 Å². The fraction of sp³-hybridized carbons (Fsp3) is 0. The van der Waals surface area contributed by atoms with Crippen molar-refractivity contribution in [3.8, 4) is 17.3 Å². The summed E-state index contributed by atoms with van der Waals surface area (Å²) in [4.78, 5) is 17.2. The molecule has 1 heterocycles. The molecule has 0 amide bonds. The minimum atomic E-state index is -0.801. The van der Waals surface area contributed by atoms with Gasteiger partial charge in [0, 0.05) is 11.6 Å². The Balaban J connectivity index is 2.65. The number of aromatic amines is 1. The van der Waals surface area contributed by atoms with Gasteiger partial charge in [0.25, 0.3) is 5.56 Å². The Morgan fingerprint density at radius 2 is 1.82 bits per heavy atom. The highest BCUT2D eigenvalue weighted by molar-refractivity contribution is 9.10. The smallest absolute Gasteiger partial charge is 0.269 e. The van der Waals surface area contributed by atoms with Gasteiger partial charge in [-0.25, -0.2) is 8.78 Å². The second-order valence-electron chi connectivity index (χ2n) is 3.21. The zero-order valence-electron chi connectivity index (χ0n) is 8.17. The van der Waals surface area contributed by atoms with Crippen molar-refractivity contribution in [2.45, 2.75) is 0 Å². The van der Waals surface area contributed by atoms with Crippen LogP contribution in [0.5, 0.6) is 5.88 Å². The highest BCUT2D eigenvalue weighted by Gasteiger charge is 2.10. The monoisotopic (exact) mass is 302 g/mol. The van der Waals surface area contributed by atoms with Crippen LogP contribution in [-0.2, 0) is 0 Å². The van der Waals surface area contributed by atoms with Gasteiger partial charge in [0.05, 0.1) is 0 Å². The van der Waals surface area contributed by atoms with Gasteiger partial charge in [-0.2, -0.15) is 4.98 Å². The third-order valence-corrected chi connectivity index (χ3v) is 2.70. The van der Waals surface area contributed by atoms with E-state index in [2.05, 4.69) is 25.9 Å². The lowest BCUT2D eigenvalue weighted by molar-refractivity contribution is 0.448. The summed E-state index contributed by atoms with van der Waals surface area (Å²) in [5, 5.41) is 9.32.